The Kier molecular flexibility index (Phi) is 4.55. The molecule has 1 aromatic rings. The Morgan fingerprint density at radius 3 is 3.14 bits per heavy atom. The number of aliphatic hydroxyl groups excluding tert-OH is 1. The number of carbonyl (C=O) groups is 1. The number of carbonyl (C=O) groups excluding carboxylic acids is 1. The molecular weight excluding hydrogens is 200 g/mol. The minimum absolute atomic E-state index is 0.164. The molecule has 1 atom stereocenters. The van der Waals surface area contributed by atoms with Crippen LogP contribution >= 0.6 is 11.3 Å². The molecule has 0 aliphatic carbocycles. The Morgan fingerprint density at radius 2 is 2.57 bits per heavy atom. The maximum absolute atomic E-state index is 11.4. The van der Waals surface area contributed by atoms with Gasteiger partial charge in [0.1, 0.15) is 4.88 Å². The van der Waals surface area contributed by atoms with Gasteiger partial charge in [-0.25, -0.2) is 0 Å². The standard InChI is InChI=1S/C9H14N2O2S/c1-2-3-7(12)4-11-9(13)8-5-10-6-14-8/h5-7,12H,2-4H2,1H3,(H,11,13). The fourth-order valence-electron chi connectivity index (χ4n) is 1.06. The first-order valence-corrected chi connectivity index (χ1v) is 5.46. The Hall–Kier alpha value is -0.940. The van der Waals surface area contributed by atoms with Gasteiger partial charge >= 0.3 is 0 Å². The van der Waals surface area contributed by atoms with E-state index in [4.69, 9.17) is 0 Å². The van der Waals surface area contributed by atoms with Crippen LogP contribution in [0.1, 0.15) is 29.4 Å². The Morgan fingerprint density at radius 1 is 1.79 bits per heavy atom. The van der Waals surface area contributed by atoms with Crippen molar-refractivity contribution in [2.45, 2.75) is 25.9 Å². The average Bonchev–Trinajstić information content (AvgIpc) is 2.67. The second-order valence-corrected chi connectivity index (χ2v) is 3.90. The van der Waals surface area contributed by atoms with Gasteiger partial charge in [-0.15, -0.1) is 11.3 Å². The summed E-state index contributed by atoms with van der Waals surface area (Å²) in [6.45, 7) is 2.30. The van der Waals surface area contributed by atoms with E-state index in [1.807, 2.05) is 6.92 Å². The second-order valence-electron chi connectivity index (χ2n) is 3.02. The fraction of sp³-hybridized carbons (Fsp3) is 0.556. The van der Waals surface area contributed by atoms with Crippen molar-refractivity contribution in [2.75, 3.05) is 6.54 Å². The third-order valence-electron chi connectivity index (χ3n) is 1.78. The second kappa shape index (κ2) is 5.72. The summed E-state index contributed by atoms with van der Waals surface area (Å²) < 4.78 is 0. The predicted molar refractivity (Wildman–Crippen MR) is 55.4 cm³/mol. The number of hydrogen-bond donors (Lipinski definition) is 2. The normalized spacial score (nSPS) is 12.4. The molecule has 0 spiro atoms. The van der Waals surface area contributed by atoms with Crippen molar-refractivity contribution < 1.29 is 9.90 Å². The summed E-state index contributed by atoms with van der Waals surface area (Å²) in [5.74, 6) is -0.164. The van der Waals surface area contributed by atoms with E-state index >= 15 is 0 Å². The number of hydrogen-bond acceptors (Lipinski definition) is 4. The van der Waals surface area contributed by atoms with E-state index in [-0.39, 0.29) is 5.91 Å². The third-order valence-corrected chi connectivity index (χ3v) is 2.55. The van der Waals surface area contributed by atoms with Crippen LogP contribution in [0.2, 0.25) is 0 Å². The van der Waals surface area contributed by atoms with Crippen LogP contribution in [0.25, 0.3) is 0 Å². The smallest absolute Gasteiger partial charge is 0.263 e. The van der Waals surface area contributed by atoms with E-state index in [0.717, 1.165) is 6.42 Å². The van der Waals surface area contributed by atoms with Crippen LogP contribution in [-0.2, 0) is 0 Å². The van der Waals surface area contributed by atoms with Crippen LogP contribution in [0.15, 0.2) is 11.7 Å². The van der Waals surface area contributed by atoms with E-state index in [1.165, 1.54) is 17.5 Å². The van der Waals surface area contributed by atoms with Crippen molar-refractivity contribution in [1.29, 1.82) is 0 Å². The summed E-state index contributed by atoms with van der Waals surface area (Å²) in [6, 6.07) is 0. The zero-order chi connectivity index (χ0) is 10.4. The van der Waals surface area contributed by atoms with Crippen molar-refractivity contribution in [3.63, 3.8) is 0 Å². The molecule has 0 aliphatic heterocycles. The highest BCUT2D eigenvalue weighted by Gasteiger charge is 2.08. The number of aliphatic hydroxyl groups is 1. The molecule has 0 fully saturated rings. The molecular formula is C9H14N2O2S. The van der Waals surface area contributed by atoms with E-state index in [0.29, 0.717) is 17.8 Å². The highest BCUT2D eigenvalue weighted by Crippen LogP contribution is 2.04. The van der Waals surface area contributed by atoms with Crippen LogP contribution in [-0.4, -0.2) is 28.6 Å². The Bertz CT molecular complexity index is 274. The lowest BCUT2D eigenvalue weighted by Crippen LogP contribution is -2.31. The van der Waals surface area contributed by atoms with Crippen molar-refractivity contribution in [3.8, 4) is 0 Å². The van der Waals surface area contributed by atoms with E-state index in [9.17, 15) is 9.90 Å². The quantitative estimate of drug-likeness (QED) is 0.769. The highest BCUT2D eigenvalue weighted by atomic mass is 32.1. The molecule has 78 valence electrons. The van der Waals surface area contributed by atoms with Gasteiger partial charge in [0.15, 0.2) is 0 Å². The average molecular weight is 214 g/mol. The molecule has 1 rings (SSSR count). The monoisotopic (exact) mass is 214 g/mol. The number of nitrogens with one attached hydrogen (secondary N) is 1. The van der Waals surface area contributed by atoms with Gasteiger partial charge < -0.3 is 10.4 Å². The molecule has 1 unspecified atom stereocenters. The number of nitrogens with zero attached hydrogens (tertiary/aromatic N) is 1. The van der Waals surface area contributed by atoms with Gasteiger partial charge in [0.2, 0.25) is 0 Å². The van der Waals surface area contributed by atoms with E-state index < -0.39 is 6.10 Å². The lowest BCUT2D eigenvalue weighted by molar-refractivity contribution is 0.0914. The Labute approximate surface area is 87.0 Å². The molecule has 0 aromatic carbocycles. The lowest BCUT2D eigenvalue weighted by atomic mass is 10.2. The van der Waals surface area contributed by atoms with Gasteiger partial charge in [0, 0.05) is 6.54 Å². The Balaban J connectivity index is 2.28. The molecule has 4 nitrogen and oxygen atoms in total. The maximum Gasteiger partial charge on any atom is 0.263 e. The van der Waals surface area contributed by atoms with Crippen molar-refractivity contribution in [2.24, 2.45) is 0 Å². The molecule has 0 radical (unpaired) electrons. The number of aromatic nitrogens is 1. The minimum atomic E-state index is -0.447. The summed E-state index contributed by atoms with van der Waals surface area (Å²) in [7, 11) is 0. The van der Waals surface area contributed by atoms with Crippen molar-refractivity contribution in [3.05, 3.63) is 16.6 Å². The molecule has 2 N–H and O–H groups in total. The van der Waals surface area contributed by atoms with Gasteiger partial charge in [0.25, 0.3) is 5.91 Å². The van der Waals surface area contributed by atoms with Gasteiger partial charge in [0.05, 0.1) is 17.8 Å². The summed E-state index contributed by atoms with van der Waals surface area (Å²) in [6.07, 6.45) is 2.70. The summed E-state index contributed by atoms with van der Waals surface area (Å²) in [5.41, 5.74) is 1.61. The van der Waals surface area contributed by atoms with Crippen LogP contribution in [0.5, 0.6) is 0 Å². The first-order valence-electron chi connectivity index (χ1n) is 4.58. The zero-order valence-electron chi connectivity index (χ0n) is 8.06. The van der Waals surface area contributed by atoms with Crippen LogP contribution < -0.4 is 5.32 Å². The molecule has 14 heavy (non-hydrogen) atoms. The van der Waals surface area contributed by atoms with Gasteiger partial charge in [-0.3, -0.25) is 9.78 Å². The molecule has 0 bridgehead atoms. The van der Waals surface area contributed by atoms with Gasteiger partial charge in [-0.05, 0) is 6.42 Å². The number of thiazole rings is 1. The zero-order valence-corrected chi connectivity index (χ0v) is 8.88. The van der Waals surface area contributed by atoms with E-state index in [2.05, 4.69) is 10.3 Å². The molecule has 0 saturated carbocycles. The van der Waals surface area contributed by atoms with Crippen LogP contribution in [0.3, 0.4) is 0 Å². The van der Waals surface area contributed by atoms with Gasteiger partial charge in [-0.2, -0.15) is 0 Å². The van der Waals surface area contributed by atoms with Crippen LogP contribution in [0, 0.1) is 0 Å². The largest absolute Gasteiger partial charge is 0.391 e. The SMILES string of the molecule is CCCC(O)CNC(=O)c1cncs1. The van der Waals surface area contributed by atoms with E-state index in [1.54, 1.807) is 5.51 Å². The molecule has 5 heteroatoms. The lowest BCUT2D eigenvalue weighted by Gasteiger charge is -2.09. The maximum atomic E-state index is 11.4. The summed E-state index contributed by atoms with van der Waals surface area (Å²) in [5, 5.41) is 12.0. The fourth-order valence-corrected chi connectivity index (χ4v) is 1.60. The van der Waals surface area contributed by atoms with Crippen LogP contribution in [0.4, 0.5) is 0 Å². The van der Waals surface area contributed by atoms with Gasteiger partial charge in [-0.1, -0.05) is 13.3 Å². The van der Waals surface area contributed by atoms with Crippen molar-refractivity contribution in [1.82, 2.24) is 10.3 Å². The molecule has 1 heterocycles. The first-order chi connectivity index (χ1) is 6.74. The first kappa shape index (κ1) is 11.1. The highest BCUT2D eigenvalue weighted by molar-refractivity contribution is 7.11. The molecule has 1 aromatic heterocycles. The molecule has 0 aliphatic rings. The number of rotatable bonds is 5. The summed E-state index contributed by atoms with van der Waals surface area (Å²) in [4.78, 5) is 15.7. The topological polar surface area (TPSA) is 62.2 Å². The summed E-state index contributed by atoms with van der Waals surface area (Å²) >= 11 is 1.29. The third kappa shape index (κ3) is 3.43. The minimum Gasteiger partial charge on any atom is -0.391 e. The molecule has 1 amide bonds. The predicted octanol–water partition coefficient (Wildman–Crippen LogP) is 1.03. The van der Waals surface area contributed by atoms with Crippen molar-refractivity contribution >= 4 is 17.2 Å². The number of amides is 1. The molecule has 0 saturated heterocycles.